The van der Waals surface area contributed by atoms with Crippen molar-refractivity contribution in [2.75, 3.05) is 13.6 Å². The molecule has 20 heavy (non-hydrogen) atoms. The minimum atomic E-state index is -0.306. The summed E-state index contributed by atoms with van der Waals surface area (Å²) in [7, 11) is 1.55. The van der Waals surface area contributed by atoms with Crippen LogP contribution in [0, 0.1) is 11.3 Å². The summed E-state index contributed by atoms with van der Waals surface area (Å²) in [5.74, 6) is -0.0206. The topological polar surface area (TPSA) is 111 Å². The van der Waals surface area contributed by atoms with E-state index in [0.29, 0.717) is 6.42 Å². The van der Waals surface area contributed by atoms with E-state index in [-0.39, 0.29) is 35.8 Å². The van der Waals surface area contributed by atoms with Crippen molar-refractivity contribution < 1.29 is 9.59 Å². The van der Waals surface area contributed by atoms with Gasteiger partial charge in [0.25, 0.3) is 0 Å². The van der Waals surface area contributed by atoms with Gasteiger partial charge in [0, 0.05) is 19.5 Å². The molecule has 0 aromatic rings. The second-order valence-corrected chi connectivity index (χ2v) is 5.48. The monoisotopic (exact) mass is 281 g/mol. The molecule has 0 unspecified atom stereocenters. The highest BCUT2D eigenvalue weighted by atomic mass is 16.2. The lowest BCUT2D eigenvalue weighted by molar-refractivity contribution is -0.129. The van der Waals surface area contributed by atoms with Crippen molar-refractivity contribution in [2.24, 2.45) is 11.7 Å². The second kappa shape index (κ2) is 6.21. The van der Waals surface area contributed by atoms with E-state index in [1.54, 1.807) is 7.05 Å². The first kappa shape index (κ1) is 14.8. The number of hydrogen-bond acceptors (Lipinski definition) is 4. The quantitative estimate of drug-likeness (QED) is 0.323. The van der Waals surface area contributed by atoms with E-state index in [2.05, 4.69) is 10.6 Å². The maximum Gasteiger partial charge on any atom is 0.324 e. The number of unbranched alkanes of at least 4 members (excludes halogenated alkanes) is 1. The van der Waals surface area contributed by atoms with Gasteiger partial charge in [0.2, 0.25) is 5.91 Å². The van der Waals surface area contributed by atoms with Crippen LogP contribution in [0.1, 0.15) is 32.1 Å². The molecule has 5 N–H and O–H groups in total. The Labute approximate surface area is 118 Å². The molecule has 2 aliphatic rings. The first-order valence-electron chi connectivity index (χ1n) is 7.17. The Morgan fingerprint density at radius 1 is 1.55 bits per heavy atom. The summed E-state index contributed by atoms with van der Waals surface area (Å²) >= 11 is 0. The van der Waals surface area contributed by atoms with Gasteiger partial charge in [-0.05, 0) is 25.8 Å². The Morgan fingerprint density at radius 3 is 2.95 bits per heavy atom. The molecule has 0 aromatic heterocycles. The average molecular weight is 281 g/mol. The number of imide groups is 1. The van der Waals surface area contributed by atoms with Gasteiger partial charge in [-0.3, -0.25) is 15.1 Å². The molecule has 2 fully saturated rings. The van der Waals surface area contributed by atoms with E-state index in [9.17, 15) is 9.59 Å². The number of amidine groups is 1. The Bertz CT molecular complexity index is 412. The largest absolute Gasteiger partial charge is 0.388 e. The zero-order valence-electron chi connectivity index (χ0n) is 11.8. The maximum absolute atomic E-state index is 12.4. The standard InChI is InChI=1S/C13H23N5O2/c1-16-13(20)18-9-6-7-17-11(9)8(12(18)19)4-2-3-5-10(14)15/h8-9,11,17H,2-7H2,1H3,(H3,14,15)(H,16,20)/t8-,9+,11-/m1/s1. The number of nitrogens with two attached hydrogens (primary N) is 1. The molecule has 0 saturated carbocycles. The van der Waals surface area contributed by atoms with Crippen molar-refractivity contribution in [1.82, 2.24) is 15.5 Å². The van der Waals surface area contributed by atoms with Crippen LogP contribution in [0.4, 0.5) is 4.79 Å². The highest BCUT2D eigenvalue weighted by Gasteiger charge is 2.51. The second-order valence-electron chi connectivity index (χ2n) is 5.48. The first-order chi connectivity index (χ1) is 9.56. The van der Waals surface area contributed by atoms with E-state index in [4.69, 9.17) is 11.1 Å². The third kappa shape index (κ3) is 2.77. The summed E-state index contributed by atoms with van der Waals surface area (Å²) in [6, 6.07) is -0.239. The van der Waals surface area contributed by atoms with Crippen LogP contribution >= 0.6 is 0 Å². The van der Waals surface area contributed by atoms with Crippen LogP contribution in [0.5, 0.6) is 0 Å². The van der Waals surface area contributed by atoms with Crippen LogP contribution in [-0.2, 0) is 4.79 Å². The number of rotatable bonds is 5. The molecule has 7 nitrogen and oxygen atoms in total. The van der Waals surface area contributed by atoms with Crippen LogP contribution < -0.4 is 16.4 Å². The van der Waals surface area contributed by atoms with E-state index in [1.807, 2.05) is 0 Å². The summed E-state index contributed by atoms with van der Waals surface area (Å²) in [4.78, 5) is 25.6. The lowest BCUT2D eigenvalue weighted by atomic mass is 9.94. The summed E-state index contributed by atoms with van der Waals surface area (Å²) in [5.41, 5.74) is 5.32. The van der Waals surface area contributed by atoms with Crippen molar-refractivity contribution in [3.63, 3.8) is 0 Å². The van der Waals surface area contributed by atoms with E-state index >= 15 is 0 Å². The molecule has 0 bridgehead atoms. The van der Waals surface area contributed by atoms with E-state index in [0.717, 1.165) is 32.2 Å². The number of carbonyl (C=O) groups excluding carboxylic acids is 2. The predicted octanol–water partition coefficient (Wildman–Crippen LogP) is 0.0111. The number of fused-ring (bicyclic) bond motifs is 1. The summed E-state index contributed by atoms with van der Waals surface area (Å²) < 4.78 is 0. The van der Waals surface area contributed by atoms with Gasteiger partial charge < -0.3 is 16.4 Å². The van der Waals surface area contributed by atoms with Crippen LogP contribution in [0.2, 0.25) is 0 Å². The number of urea groups is 1. The van der Waals surface area contributed by atoms with Crippen molar-refractivity contribution in [2.45, 2.75) is 44.2 Å². The first-order valence-corrected chi connectivity index (χ1v) is 7.17. The average Bonchev–Trinajstić information content (AvgIpc) is 2.95. The van der Waals surface area contributed by atoms with Gasteiger partial charge in [-0.2, -0.15) is 0 Å². The van der Waals surface area contributed by atoms with Gasteiger partial charge in [-0.15, -0.1) is 0 Å². The lowest BCUT2D eigenvalue weighted by Gasteiger charge is -2.20. The van der Waals surface area contributed by atoms with Crippen LogP contribution in [-0.4, -0.2) is 48.3 Å². The molecule has 3 amide bonds. The molecule has 2 heterocycles. The van der Waals surface area contributed by atoms with Crippen molar-refractivity contribution in [3.8, 4) is 0 Å². The lowest BCUT2D eigenvalue weighted by Crippen LogP contribution is -2.45. The third-order valence-electron chi connectivity index (χ3n) is 4.20. The molecule has 2 aliphatic heterocycles. The molecule has 2 saturated heterocycles. The number of amides is 3. The number of nitrogens with zero attached hydrogens (tertiary/aromatic N) is 1. The number of nitrogens with one attached hydrogen (secondary N) is 3. The Kier molecular flexibility index (Phi) is 4.59. The highest BCUT2D eigenvalue weighted by Crippen LogP contribution is 2.33. The Morgan fingerprint density at radius 2 is 2.30 bits per heavy atom. The smallest absolute Gasteiger partial charge is 0.324 e. The van der Waals surface area contributed by atoms with Crippen LogP contribution in [0.25, 0.3) is 0 Å². The van der Waals surface area contributed by atoms with Gasteiger partial charge >= 0.3 is 6.03 Å². The maximum atomic E-state index is 12.4. The fourth-order valence-electron chi connectivity index (χ4n) is 3.26. The van der Waals surface area contributed by atoms with Gasteiger partial charge in [0.05, 0.1) is 17.8 Å². The summed E-state index contributed by atoms with van der Waals surface area (Å²) in [6.07, 6.45) is 3.81. The van der Waals surface area contributed by atoms with Crippen molar-refractivity contribution >= 4 is 17.8 Å². The van der Waals surface area contributed by atoms with Gasteiger partial charge in [0.15, 0.2) is 0 Å². The SMILES string of the molecule is CNC(=O)N1C(=O)[C@H](CCCCC(=N)N)[C@H]2NCC[C@@H]21. The molecule has 0 radical (unpaired) electrons. The molecule has 2 rings (SSSR count). The minimum Gasteiger partial charge on any atom is -0.388 e. The molecule has 7 heteroatoms. The zero-order valence-corrected chi connectivity index (χ0v) is 11.8. The Balaban J connectivity index is 1.96. The van der Waals surface area contributed by atoms with Gasteiger partial charge in [-0.1, -0.05) is 6.42 Å². The molecule has 0 aromatic carbocycles. The van der Waals surface area contributed by atoms with Crippen LogP contribution in [0.15, 0.2) is 0 Å². The molecule has 3 atom stereocenters. The van der Waals surface area contributed by atoms with E-state index in [1.165, 1.54) is 4.90 Å². The zero-order chi connectivity index (χ0) is 14.7. The predicted molar refractivity (Wildman–Crippen MR) is 75.4 cm³/mol. The fraction of sp³-hybridized carbons (Fsp3) is 0.769. The fourth-order valence-corrected chi connectivity index (χ4v) is 3.26. The highest BCUT2D eigenvalue weighted by molar-refractivity contribution is 5.98. The molecular formula is C13H23N5O2. The van der Waals surface area contributed by atoms with Crippen molar-refractivity contribution in [3.05, 3.63) is 0 Å². The Hall–Kier alpha value is -1.63. The number of carbonyl (C=O) groups is 2. The summed E-state index contributed by atoms with van der Waals surface area (Å²) in [5, 5.41) is 13.1. The van der Waals surface area contributed by atoms with Crippen LogP contribution in [0.3, 0.4) is 0 Å². The normalized spacial score (nSPS) is 28.6. The summed E-state index contributed by atoms with van der Waals surface area (Å²) in [6.45, 7) is 0.847. The van der Waals surface area contributed by atoms with E-state index < -0.39 is 0 Å². The van der Waals surface area contributed by atoms with Gasteiger partial charge in [-0.25, -0.2) is 4.79 Å². The minimum absolute atomic E-state index is 0.0137. The molecular weight excluding hydrogens is 258 g/mol. The molecule has 0 spiro atoms. The number of hydrogen-bond donors (Lipinski definition) is 4. The number of likely N-dealkylation sites (tertiary alicyclic amines) is 1. The molecule has 0 aliphatic carbocycles. The third-order valence-corrected chi connectivity index (χ3v) is 4.20. The van der Waals surface area contributed by atoms with Gasteiger partial charge in [0.1, 0.15) is 0 Å². The van der Waals surface area contributed by atoms with Crippen molar-refractivity contribution in [1.29, 1.82) is 5.41 Å². The molecule has 112 valence electrons.